The van der Waals surface area contributed by atoms with Gasteiger partial charge in [-0.1, -0.05) is 11.3 Å². The van der Waals surface area contributed by atoms with E-state index in [1.54, 1.807) is 18.2 Å². The fourth-order valence-electron chi connectivity index (χ4n) is 2.19. The quantitative estimate of drug-likeness (QED) is 0.685. The molecule has 1 aliphatic heterocycles. The van der Waals surface area contributed by atoms with Gasteiger partial charge in [-0.2, -0.15) is 0 Å². The number of nitrogens with zero attached hydrogens (tertiary/aromatic N) is 2. The van der Waals surface area contributed by atoms with Gasteiger partial charge in [-0.3, -0.25) is 4.79 Å². The van der Waals surface area contributed by atoms with E-state index in [1.807, 2.05) is 0 Å². The molecule has 0 spiro atoms. The first kappa shape index (κ1) is 12.3. The van der Waals surface area contributed by atoms with Gasteiger partial charge in [0.1, 0.15) is 0 Å². The third-order valence-electron chi connectivity index (χ3n) is 3.20. The summed E-state index contributed by atoms with van der Waals surface area (Å²) in [7, 11) is 0. The zero-order chi connectivity index (χ0) is 13.6. The minimum absolute atomic E-state index is 0.156. The van der Waals surface area contributed by atoms with Crippen LogP contribution in [0.1, 0.15) is 10.4 Å². The summed E-state index contributed by atoms with van der Waals surface area (Å²) in [5.41, 5.74) is 6.90. The molecule has 6 nitrogen and oxygen atoms in total. The first-order chi connectivity index (χ1) is 9.04. The molecule has 1 amide bonds. The van der Waals surface area contributed by atoms with E-state index in [-0.39, 0.29) is 19.0 Å². The molecular formula is C12H13N3O3S. The summed E-state index contributed by atoms with van der Waals surface area (Å²) in [4.78, 5) is 17.8. The van der Waals surface area contributed by atoms with Gasteiger partial charge in [0.05, 0.1) is 22.4 Å². The second kappa shape index (κ2) is 4.44. The lowest BCUT2D eigenvalue weighted by atomic mass is 10.2. The number of amides is 1. The highest BCUT2D eigenvalue weighted by atomic mass is 32.1. The van der Waals surface area contributed by atoms with Crippen LogP contribution in [0.5, 0.6) is 0 Å². The third-order valence-corrected chi connectivity index (χ3v) is 4.05. The molecule has 2 unspecified atom stereocenters. The summed E-state index contributed by atoms with van der Waals surface area (Å²) in [6, 6.07) is 5.17. The average Bonchev–Trinajstić information content (AvgIpc) is 2.90. The fraction of sp³-hybridized carbons (Fsp3) is 0.333. The topological polar surface area (TPSA) is 99.7 Å². The predicted octanol–water partition coefficient (Wildman–Crippen LogP) is 0.0561. The Kier molecular flexibility index (Phi) is 2.89. The van der Waals surface area contributed by atoms with Crippen LogP contribution in [0.2, 0.25) is 0 Å². The largest absolute Gasteiger partial charge is 0.388 e. The second-order valence-corrected chi connectivity index (χ2v) is 5.64. The average molecular weight is 279 g/mol. The van der Waals surface area contributed by atoms with Crippen molar-refractivity contribution in [2.45, 2.75) is 12.2 Å². The van der Waals surface area contributed by atoms with Crippen LogP contribution in [0.4, 0.5) is 5.13 Å². The number of rotatable bonds is 1. The van der Waals surface area contributed by atoms with Crippen LogP contribution in [-0.4, -0.2) is 51.3 Å². The molecule has 0 saturated carbocycles. The number of likely N-dealkylation sites (tertiary alicyclic amines) is 1. The molecule has 2 atom stereocenters. The molecule has 1 aromatic carbocycles. The van der Waals surface area contributed by atoms with E-state index < -0.39 is 12.2 Å². The molecule has 1 aromatic heterocycles. The number of hydrogen-bond donors (Lipinski definition) is 3. The van der Waals surface area contributed by atoms with Crippen LogP contribution in [0.15, 0.2) is 18.2 Å². The van der Waals surface area contributed by atoms with E-state index in [0.717, 1.165) is 10.2 Å². The number of hydrogen-bond acceptors (Lipinski definition) is 6. The van der Waals surface area contributed by atoms with Crippen molar-refractivity contribution in [2.75, 3.05) is 18.8 Å². The van der Waals surface area contributed by atoms with Gasteiger partial charge < -0.3 is 20.8 Å². The molecule has 19 heavy (non-hydrogen) atoms. The third kappa shape index (κ3) is 2.16. The smallest absolute Gasteiger partial charge is 0.254 e. The van der Waals surface area contributed by atoms with Crippen molar-refractivity contribution in [1.82, 2.24) is 9.88 Å². The maximum absolute atomic E-state index is 12.2. The Morgan fingerprint density at radius 3 is 2.74 bits per heavy atom. The van der Waals surface area contributed by atoms with Crippen molar-refractivity contribution >= 4 is 32.6 Å². The molecule has 3 rings (SSSR count). The first-order valence-corrected chi connectivity index (χ1v) is 6.68. The zero-order valence-electron chi connectivity index (χ0n) is 9.98. The van der Waals surface area contributed by atoms with E-state index in [4.69, 9.17) is 5.73 Å². The van der Waals surface area contributed by atoms with Crippen molar-refractivity contribution in [3.8, 4) is 0 Å². The second-order valence-electron chi connectivity index (χ2n) is 4.58. The van der Waals surface area contributed by atoms with Gasteiger partial charge in [-0.25, -0.2) is 4.98 Å². The van der Waals surface area contributed by atoms with Crippen LogP contribution >= 0.6 is 11.3 Å². The van der Waals surface area contributed by atoms with Crippen LogP contribution < -0.4 is 5.73 Å². The van der Waals surface area contributed by atoms with Crippen LogP contribution in [0.25, 0.3) is 10.2 Å². The number of benzene rings is 1. The zero-order valence-corrected chi connectivity index (χ0v) is 10.8. The summed E-state index contributed by atoms with van der Waals surface area (Å²) in [6.45, 7) is 0.311. The van der Waals surface area contributed by atoms with Gasteiger partial charge in [-0.05, 0) is 18.2 Å². The monoisotopic (exact) mass is 279 g/mol. The van der Waals surface area contributed by atoms with E-state index in [9.17, 15) is 15.0 Å². The van der Waals surface area contributed by atoms with Crippen molar-refractivity contribution in [3.63, 3.8) is 0 Å². The number of nitrogen functional groups attached to an aromatic ring is 1. The Bertz CT molecular complexity index is 632. The Morgan fingerprint density at radius 1 is 1.37 bits per heavy atom. The molecular weight excluding hydrogens is 266 g/mol. The molecule has 100 valence electrons. The van der Waals surface area contributed by atoms with Crippen LogP contribution in [0, 0.1) is 0 Å². The molecule has 1 aliphatic rings. The van der Waals surface area contributed by atoms with Gasteiger partial charge in [0, 0.05) is 18.7 Å². The van der Waals surface area contributed by atoms with Crippen LogP contribution in [-0.2, 0) is 0 Å². The number of carbonyl (C=O) groups excluding carboxylic acids is 1. The van der Waals surface area contributed by atoms with Gasteiger partial charge in [0.15, 0.2) is 5.13 Å². The Labute approximate surface area is 113 Å². The number of β-amino-alcohol motifs (C(OH)–C–C–N with tert-alkyl or cyclic N) is 2. The standard InChI is InChI=1S/C12H13N3O3S/c13-12-14-7-2-1-6(3-10(7)19-12)11(18)15-4-8(16)9(17)5-15/h1-3,8-9,16-17H,4-5H2,(H2,13,14). The van der Waals surface area contributed by atoms with Crippen molar-refractivity contribution in [1.29, 1.82) is 0 Å². The van der Waals surface area contributed by atoms with Crippen molar-refractivity contribution in [3.05, 3.63) is 23.8 Å². The highest BCUT2D eigenvalue weighted by Crippen LogP contribution is 2.25. The Morgan fingerprint density at radius 2 is 2.05 bits per heavy atom. The number of aliphatic hydroxyl groups excluding tert-OH is 2. The maximum atomic E-state index is 12.2. The first-order valence-electron chi connectivity index (χ1n) is 5.86. The molecule has 1 saturated heterocycles. The lowest BCUT2D eigenvalue weighted by Crippen LogP contribution is -2.29. The Balaban J connectivity index is 1.89. The van der Waals surface area contributed by atoms with Crippen molar-refractivity contribution < 1.29 is 15.0 Å². The molecule has 1 fully saturated rings. The molecule has 4 N–H and O–H groups in total. The van der Waals surface area contributed by atoms with E-state index in [0.29, 0.717) is 10.7 Å². The molecule has 0 aliphatic carbocycles. The molecule has 7 heteroatoms. The highest BCUT2D eigenvalue weighted by Gasteiger charge is 2.32. The maximum Gasteiger partial charge on any atom is 0.254 e. The highest BCUT2D eigenvalue weighted by molar-refractivity contribution is 7.22. The number of aliphatic hydroxyl groups is 2. The van der Waals surface area contributed by atoms with Gasteiger partial charge in [0.25, 0.3) is 5.91 Å². The summed E-state index contributed by atoms with van der Waals surface area (Å²) < 4.78 is 0.851. The molecule has 2 heterocycles. The van der Waals surface area contributed by atoms with Gasteiger partial charge >= 0.3 is 0 Å². The van der Waals surface area contributed by atoms with Gasteiger partial charge in [-0.15, -0.1) is 0 Å². The number of aromatic nitrogens is 1. The number of nitrogens with two attached hydrogens (primary N) is 1. The molecule has 0 radical (unpaired) electrons. The van der Waals surface area contributed by atoms with E-state index >= 15 is 0 Å². The number of anilines is 1. The lowest BCUT2D eigenvalue weighted by Gasteiger charge is -2.15. The summed E-state index contributed by atoms with van der Waals surface area (Å²) in [5.74, 6) is -0.204. The predicted molar refractivity (Wildman–Crippen MR) is 71.9 cm³/mol. The SMILES string of the molecule is Nc1nc2ccc(C(=O)N3CC(O)C(O)C3)cc2s1. The van der Waals surface area contributed by atoms with E-state index in [1.165, 1.54) is 16.2 Å². The number of carbonyl (C=O) groups is 1. The number of thiazole rings is 1. The fourth-order valence-corrected chi connectivity index (χ4v) is 2.97. The summed E-state index contributed by atoms with van der Waals surface area (Å²) in [5, 5.41) is 19.4. The molecule has 0 bridgehead atoms. The minimum Gasteiger partial charge on any atom is -0.388 e. The number of fused-ring (bicyclic) bond motifs is 1. The molecule has 2 aromatic rings. The Hall–Kier alpha value is -1.70. The lowest BCUT2D eigenvalue weighted by molar-refractivity contribution is 0.0572. The van der Waals surface area contributed by atoms with E-state index in [2.05, 4.69) is 4.98 Å². The van der Waals surface area contributed by atoms with Crippen molar-refractivity contribution in [2.24, 2.45) is 0 Å². The normalized spacial score (nSPS) is 23.2. The summed E-state index contributed by atoms with van der Waals surface area (Å²) >= 11 is 1.32. The van der Waals surface area contributed by atoms with Crippen LogP contribution in [0.3, 0.4) is 0 Å². The minimum atomic E-state index is -0.869. The van der Waals surface area contributed by atoms with Gasteiger partial charge in [0.2, 0.25) is 0 Å². The summed E-state index contributed by atoms with van der Waals surface area (Å²) in [6.07, 6.45) is -1.74.